The molecule has 11 heteroatoms. The standard InChI is InChI=1S/C31H40ClN7O3/c1-5-24(40)37-16-30(17-37)12-21(13-30)39-20(3)26(27-22(14-33)23(34)11-19(2)28(27)32)29(35-39)38-10-9-36(25(41)15-42-4)18-31(38)7-6-8-31/h5,11,14,21,33H,1,6-10,12-13,15-18,34H2,2-4H3. The number of nitrogens with two attached hydrogens (primary N) is 1. The van der Waals surface area contributed by atoms with Crippen LogP contribution in [0.25, 0.3) is 11.1 Å². The molecule has 224 valence electrons. The highest BCUT2D eigenvalue weighted by atomic mass is 35.5. The van der Waals surface area contributed by atoms with E-state index in [1.165, 1.54) is 12.3 Å². The Hall–Kier alpha value is -3.37. The van der Waals surface area contributed by atoms with Crippen molar-refractivity contribution >= 4 is 41.1 Å². The summed E-state index contributed by atoms with van der Waals surface area (Å²) in [4.78, 5) is 31.0. The molecule has 4 fully saturated rings. The number of methoxy groups -OCH3 is 1. The molecule has 4 aliphatic rings. The molecule has 3 N–H and O–H groups in total. The van der Waals surface area contributed by atoms with Gasteiger partial charge in [-0.15, -0.1) is 0 Å². The maximum absolute atomic E-state index is 12.8. The van der Waals surface area contributed by atoms with E-state index in [0.717, 1.165) is 73.4 Å². The van der Waals surface area contributed by atoms with Gasteiger partial charge in [0.15, 0.2) is 5.82 Å². The van der Waals surface area contributed by atoms with Crippen LogP contribution in [0.4, 0.5) is 11.5 Å². The molecule has 1 aromatic heterocycles. The molecular weight excluding hydrogens is 554 g/mol. The monoisotopic (exact) mass is 593 g/mol. The Kier molecular flexibility index (Phi) is 7.13. The molecular formula is C31H40ClN7O3. The molecule has 2 aliphatic carbocycles. The number of likely N-dealkylation sites (tertiary alicyclic amines) is 1. The Morgan fingerprint density at radius 2 is 1.90 bits per heavy atom. The first-order chi connectivity index (χ1) is 20.1. The number of nitrogens with one attached hydrogen (secondary N) is 1. The summed E-state index contributed by atoms with van der Waals surface area (Å²) in [6, 6.07) is 2.02. The largest absolute Gasteiger partial charge is 0.398 e. The van der Waals surface area contributed by atoms with Crippen molar-refractivity contribution < 1.29 is 14.3 Å². The second-order valence-electron chi connectivity index (χ2n) is 12.7. The average molecular weight is 594 g/mol. The van der Waals surface area contributed by atoms with Crippen LogP contribution >= 0.6 is 11.6 Å². The van der Waals surface area contributed by atoms with Gasteiger partial charge in [0.1, 0.15) is 6.61 Å². The van der Waals surface area contributed by atoms with Gasteiger partial charge >= 0.3 is 0 Å². The number of aryl methyl sites for hydroxylation is 1. The Balaban J connectivity index is 1.41. The number of aromatic nitrogens is 2. The smallest absolute Gasteiger partial charge is 0.248 e. The third-order valence-corrected chi connectivity index (χ3v) is 10.6. The number of benzene rings is 1. The van der Waals surface area contributed by atoms with Gasteiger partial charge in [0.25, 0.3) is 0 Å². The van der Waals surface area contributed by atoms with Gasteiger partial charge in [0.2, 0.25) is 11.8 Å². The van der Waals surface area contributed by atoms with Crippen molar-refractivity contribution in [1.29, 1.82) is 5.41 Å². The molecule has 2 amide bonds. The minimum Gasteiger partial charge on any atom is -0.398 e. The van der Waals surface area contributed by atoms with Gasteiger partial charge < -0.3 is 30.6 Å². The fraction of sp³-hybridized carbons (Fsp3) is 0.548. The number of nitrogen functional groups attached to an aromatic ring is 1. The van der Waals surface area contributed by atoms with Gasteiger partial charge in [-0.05, 0) is 63.7 Å². The maximum atomic E-state index is 12.8. The lowest BCUT2D eigenvalue weighted by Crippen LogP contribution is -2.67. The number of anilines is 2. The molecule has 2 aliphatic heterocycles. The molecule has 10 nitrogen and oxygen atoms in total. The lowest BCUT2D eigenvalue weighted by Gasteiger charge is -2.59. The van der Waals surface area contributed by atoms with E-state index in [1.807, 2.05) is 22.8 Å². The van der Waals surface area contributed by atoms with Gasteiger partial charge in [0, 0.05) is 79.5 Å². The number of ether oxygens (including phenoxy) is 1. The topological polar surface area (TPSA) is 121 Å². The fourth-order valence-electron chi connectivity index (χ4n) is 7.74. The van der Waals surface area contributed by atoms with Crippen molar-refractivity contribution in [2.24, 2.45) is 5.41 Å². The first-order valence-electron chi connectivity index (χ1n) is 14.7. The Labute approximate surface area is 251 Å². The third kappa shape index (κ3) is 4.33. The van der Waals surface area contributed by atoms with Crippen LogP contribution in [0.1, 0.15) is 55.0 Å². The van der Waals surface area contributed by atoms with Crippen LogP contribution < -0.4 is 10.6 Å². The number of carbonyl (C=O) groups excluding carboxylic acids is 2. The highest BCUT2D eigenvalue weighted by Crippen LogP contribution is 2.56. The van der Waals surface area contributed by atoms with E-state index in [1.54, 1.807) is 7.11 Å². The highest BCUT2D eigenvalue weighted by Gasteiger charge is 2.55. The van der Waals surface area contributed by atoms with E-state index in [9.17, 15) is 9.59 Å². The number of amides is 2. The number of hydrogen-bond donors (Lipinski definition) is 2. The zero-order valence-electron chi connectivity index (χ0n) is 24.7. The second-order valence-corrected chi connectivity index (χ2v) is 13.1. The van der Waals surface area contributed by atoms with Crippen molar-refractivity contribution in [1.82, 2.24) is 19.6 Å². The zero-order valence-corrected chi connectivity index (χ0v) is 25.5. The number of carbonyl (C=O) groups is 2. The van der Waals surface area contributed by atoms with Crippen LogP contribution in [-0.4, -0.2) is 89.6 Å². The van der Waals surface area contributed by atoms with Crippen LogP contribution in [0.2, 0.25) is 5.02 Å². The van der Waals surface area contributed by atoms with E-state index in [2.05, 4.69) is 23.1 Å². The summed E-state index contributed by atoms with van der Waals surface area (Å²) in [6.45, 7) is 11.1. The van der Waals surface area contributed by atoms with Gasteiger partial charge in [-0.2, -0.15) is 5.10 Å². The van der Waals surface area contributed by atoms with Crippen molar-refractivity contribution in [3.05, 3.63) is 40.6 Å². The van der Waals surface area contributed by atoms with Crippen molar-refractivity contribution in [2.75, 3.05) is 57.1 Å². The molecule has 0 bridgehead atoms. The summed E-state index contributed by atoms with van der Waals surface area (Å²) < 4.78 is 7.30. The van der Waals surface area contributed by atoms with Gasteiger partial charge in [-0.25, -0.2) is 0 Å². The number of piperazine rings is 1. The van der Waals surface area contributed by atoms with Crippen molar-refractivity contribution in [3.63, 3.8) is 0 Å². The van der Waals surface area contributed by atoms with Crippen molar-refractivity contribution in [3.8, 4) is 11.1 Å². The summed E-state index contributed by atoms with van der Waals surface area (Å²) in [7, 11) is 1.55. The molecule has 0 atom stereocenters. The number of halogens is 1. The first kappa shape index (κ1) is 28.7. The van der Waals surface area contributed by atoms with Crippen LogP contribution in [0, 0.1) is 24.7 Å². The third-order valence-electron chi connectivity index (χ3n) is 10.1. The number of nitrogens with zero attached hydrogens (tertiary/aromatic N) is 5. The normalized spacial score (nSPS) is 20.7. The Morgan fingerprint density at radius 1 is 1.19 bits per heavy atom. The van der Waals surface area contributed by atoms with Crippen LogP contribution in [0.5, 0.6) is 0 Å². The molecule has 3 heterocycles. The number of rotatable bonds is 7. The molecule has 2 saturated heterocycles. The molecule has 2 spiro atoms. The van der Waals surface area contributed by atoms with E-state index in [0.29, 0.717) is 35.9 Å². The van der Waals surface area contributed by atoms with Gasteiger partial charge in [-0.1, -0.05) is 18.2 Å². The highest BCUT2D eigenvalue weighted by molar-refractivity contribution is 6.35. The minimum absolute atomic E-state index is 0.00944. The average Bonchev–Trinajstić information content (AvgIpc) is 3.23. The van der Waals surface area contributed by atoms with Gasteiger partial charge in [0.05, 0.1) is 16.6 Å². The predicted octanol–water partition coefficient (Wildman–Crippen LogP) is 3.97. The number of hydrogen-bond acceptors (Lipinski definition) is 7. The van der Waals surface area contributed by atoms with Crippen LogP contribution in [-0.2, 0) is 14.3 Å². The SMILES string of the molecule is C=CC(=O)N1CC2(CC(n3nc(N4CCN(C(=O)COC)CC45CCC5)c(-c4c(Cl)c(C)cc(N)c4C=N)c3C)C2)C1. The summed E-state index contributed by atoms with van der Waals surface area (Å²) in [5.74, 6) is 0.845. The lowest BCUT2D eigenvalue weighted by molar-refractivity contribution is -0.149. The van der Waals surface area contributed by atoms with E-state index < -0.39 is 0 Å². The summed E-state index contributed by atoms with van der Waals surface area (Å²) in [5, 5.41) is 14.2. The fourth-order valence-corrected chi connectivity index (χ4v) is 7.99. The first-order valence-corrected chi connectivity index (χ1v) is 15.1. The Bertz CT molecular complexity index is 1470. The quantitative estimate of drug-likeness (QED) is 0.285. The molecule has 0 radical (unpaired) electrons. The molecule has 2 aromatic rings. The second kappa shape index (κ2) is 10.4. The summed E-state index contributed by atoms with van der Waals surface area (Å²) in [5.41, 5.74) is 11.0. The zero-order chi connectivity index (χ0) is 30.0. The maximum Gasteiger partial charge on any atom is 0.248 e. The predicted molar refractivity (Wildman–Crippen MR) is 164 cm³/mol. The molecule has 0 unspecified atom stereocenters. The summed E-state index contributed by atoms with van der Waals surface area (Å²) in [6.07, 6.45) is 7.59. The Morgan fingerprint density at radius 3 is 2.50 bits per heavy atom. The molecule has 1 aromatic carbocycles. The van der Waals surface area contributed by atoms with E-state index in [-0.39, 0.29) is 35.4 Å². The molecule has 6 rings (SSSR count). The van der Waals surface area contributed by atoms with Crippen LogP contribution in [0.15, 0.2) is 18.7 Å². The minimum atomic E-state index is -0.213. The van der Waals surface area contributed by atoms with Crippen molar-refractivity contribution in [2.45, 2.75) is 57.5 Å². The van der Waals surface area contributed by atoms with Crippen LogP contribution in [0.3, 0.4) is 0 Å². The summed E-state index contributed by atoms with van der Waals surface area (Å²) >= 11 is 7.03. The van der Waals surface area contributed by atoms with E-state index >= 15 is 0 Å². The molecule has 2 saturated carbocycles. The van der Waals surface area contributed by atoms with Gasteiger partial charge in [-0.3, -0.25) is 14.3 Å². The molecule has 42 heavy (non-hydrogen) atoms. The lowest BCUT2D eigenvalue weighted by atomic mass is 9.60. The van der Waals surface area contributed by atoms with E-state index in [4.69, 9.17) is 32.6 Å².